The van der Waals surface area contributed by atoms with Gasteiger partial charge in [-0.1, -0.05) is 12.1 Å². The van der Waals surface area contributed by atoms with Gasteiger partial charge in [-0.3, -0.25) is 4.79 Å². The summed E-state index contributed by atoms with van der Waals surface area (Å²) >= 11 is 0. The topological polar surface area (TPSA) is 43.8 Å². The highest BCUT2D eigenvalue weighted by Crippen LogP contribution is 2.21. The van der Waals surface area contributed by atoms with E-state index < -0.39 is 5.97 Å². The summed E-state index contributed by atoms with van der Waals surface area (Å²) in [5.74, 6) is -0.737. The monoisotopic (exact) mass is 276 g/mol. The van der Waals surface area contributed by atoms with Crippen LogP contribution in [0.25, 0.3) is 0 Å². The summed E-state index contributed by atoms with van der Waals surface area (Å²) in [7, 11) is 1.97. The van der Waals surface area contributed by atoms with Gasteiger partial charge in [0.1, 0.15) is 0 Å². The van der Waals surface area contributed by atoms with E-state index in [-0.39, 0.29) is 6.42 Å². The molecule has 0 saturated carbocycles. The number of nitrogens with zero attached hydrogens (tertiary/aromatic N) is 2. The standard InChI is InChI=1S/C16H24N2O2/c1-17(11-8-16(19)20)13-14-6-5-7-15(12-14)18-9-3-2-4-10-18/h5-7,12H,2-4,8-11,13H2,1H3,(H,19,20). The summed E-state index contributed by atoms with van der Waals surface area (Å²) in [5, 5.41) is 8.71. The molecular formula is C16H24N2O2. The second kappa shape index (κ2) is 7.29. The van der Waals surface area contributed by atoms with Crippen molar-refractivity contribution < 1.29 is 9.90 Å². The number of carbonyl (C=O) groups is 1. The van der Waals surface area contributed by atoms with E-state index in [1.807, 2.05) is 7.05 Å². The van der Waals surface area contributed by atoms with Gasteiger partial charge in [-0.05, 0) is 44.0 Å². The van der Waals surface area contributed by atoms with Crippen molar-refractivity contribution in [1.29, 1.82) is 0 Å². The molecule has 110 valence electrons. The largest absolute Gasteiger partial charge is 0.481 e. The zero-order valence-corrected chi connectivity index (χ0v) is 12.2. The number of hydrogen-bond acceptors (Lipinski definition) is 3. The van der Waals surface area contributed by atoms with E-state index in [0.717, 1.165) is 19.6 Å². The molecule has 0 bridgehead atoms. The summed E-state index contributed by atoms with van der Waals surface area (Å²) in [6.45, 7) is 3.69. The van der Waals surface area contributed by atoms with Crippen LogP contribution in [0.2, 0.25) is 0 Å². The number of rotatable bonds is 6. The van der Waals surface area contributed by atoms with Gasteiger partial charge in [0.15, 0.2) is 0 Å². The maximum absolute atomic E-state index is 10.6. The van der Waals surface area contributed by atoms with Crippen molar-refractivity contribution in [3.63, 3.8) is 0 Å². The van der Waals surface area contributed by atoms with Crippen LogP contribution >= 0.6 is 0 Å². The predicted molar refractivity (Wildman–Crippen MR) is 81.1 cm³/mol. The quantitative estimate of drug-likeness (QED) is 0.867. The van der Waals surface area contributed by atoms with Gasteiger partial charge in [-0.25, -0.2) is 0 Å². The van der Waals surface area contributed by atoms with E-state index in [9.17, 15) is 4.79 Å². The predicted octanol–water partition coefficient (Wildman–Crippen LogP) is 2.58. The van der Waals surface area contributed by atoms with Crippen LogP contribution in [0.4, 0.5) is 5.69 Å². The molecule has 0 aliphatic carbocycles. The Hall–Kier alpha value is -1.55. The normalized spacial score (nSPS) is 15.6. The van der Waals surface area contributed by atoms with Crippen LogP contribution in [0.15, 0.2) is 24.3 Å². The molecular weight excluding hydrogens is 252 g/mol. The summed E-state index contributed by atoms with van der Waals surface area (Å²) < 4.78 is 0. The van der Waals surface area contributed by atoms with Crippen molar-refractivity contribution in [3.8, 4) is 0 Å². The van der Waals surface area contributed by atoms with E-state index in [0.29, 0.717) is 6.54 Å². The summed E-state index contributed by atoms with van der Waals surface area (Å²) in [4.78, 5) is 15.1. The molecule has 1 aliphatic heterocycles. The zero-order chi connectivity index (χ0) is 14.4. The number of piperidine rings is 1. The van der Waals surface area contributed by atoms with Crippen LogP contribution < -0.4 is 4.90 Å². The van der Waals surface area contributed by atoms with Crippen molar-refractivity contribution in [2.45, 2.75) is 32.2 Å². The number of anilines is 1. The molecule has 1 aromatic rings. The summed E-state index contributed by atoms with van der Waals surface area (Å²) in [5.41, 5.74) is 2.55. The number of carboxylic acids is 1. The van der Waals surface area contributed by atoms with Crippen molar-refractivity contribution in [3.05, 3.63) is 29.8 Å². The Morgan fingerprint density at radius 2 is 2.05 bits per heavy atom. The third-order valence-corrected chi connectivity index (χ3v) is 3.79. The minimum Gasteiger partial charge on any atom is -0.481 e. The number of benzene rings is 1. The van der Waals surface area contributed by atoms with E-state index in [4.69, 9.17) is 5.11 Å². The molecule has 2 rings (SSSR count). The van der Waals surface area contributed by atoms with Crippen LogP contribution in [0.5, 0.6) is 0 Å². The number of hydrogen-bond donors (Lipinski definition) is 1. The lowest BCUT2D eigenvalue weighted by atomic mass is 10.1. The third-order valence-electron chi connectivity index (χ3n) is 3.79. The molecule has 1 saturated heterocycles. The van der Waals surface area contributed by atoms with E-state index in [1.54, 1.807) is 0 Å². The molecule has 1 fully saturated rings. The summed E-state index contributed by atoms with van der Waals surface area (Å²) in [6, 6.07) is 8.63. The molecule has 0 unspecified atom stereocenters. The maximum atomic E-state index is 10.6. The number of aliphatic carboxylic acids is 1. The lowest BCUT2D eigenvalue weighted by molar-refractivity contribution is -0.137. The van der Waals surface area contributed by atoms with E-state index in [2.05, 4.69) is 34.1 Å². The van der Waals surface area contributed by atoms with Crippen molar-refractivity contribution >= 4 is 11.7 Å². The molecule has 0 spiro atoms. The van der Waals surface area contributed by atoms with Crippen molar-refractivity contribution in [2.75, 3.05) is 31.6 Å². The van der Waals surface area contributed by atoms with Gasteiger partial charge in [-0.15, -0.1) is 0 Å². The average Bonchev–Trinajstić information content (AvgIpc) is 2.46. The highest BCUT2D eigenvalue weighted by atomic mass is 16.4. The molecule has 0 amide bonds. The van der Waals surface area contributed by atoms with Gasteiger partial charge in [0.25, 0.3) is 0 Å². The van der Waals surface area contributed by atoms with E-state index >= 15 is 0 Å². The second-order valence-electron chi connectivity index (χ2n) is 5.60. The minimum absolute atomic E-state index is 0.197. The molecule has 20 heavy (non-hydrogen) atoms. The van der Waals surface area contributed by atoms with Gasteiger partial charge < -0.3 is 14.9 Å². The molecule has 1 N–H and O–H groups in total. The molecule has 1 heterocycles. The maximum Gasteiger partial charge on any atom is 0.304 e. The van der Waals surface area contributed by atoms with Crippen LogP contribution in [0.1, 0.15) is 31.2 Å². The Kier molecular flexibility index (Phi) is 5.41. The SMILES string of the molecule is CN(CCC(=O)O)Cc1cccc(N2CCCCC2)c1. The van der Waals surface area contributed by atoms with Crippen molar-refractivity contribution in [1.82, 2.24) is 4.90 Å². The molecule has 0 atom stereocenters. The van der Waals surface area contributed by atoms with Gasteiger partial charge in [0.2, 0.25) is 0 Å². The Morgan fingerprint density at radius 3 is 2.75 bits per heavy atom. The Balaban J connectivity index is 1.93. The highest BCUT2D eigenvalue weighted by molar-refractivity contribution is 5.66. The number of carboxylic acid groups (broad SMARTS) is 1. The smallest absolute Gasteiger partial charge is 0.304 e. The molecule has 0 radical (unpaired) electrons. The Bertz CT molecular complexity index is 442. The van der Waals surface area contributed by atoms with Crippen LogP contribution in [0.3, 0.4) is 0 Å². The first kappa shape index (κ1) is 14.9. The fourth-order valence-corrected chi connectivity index (χ4v) is 2.68. The van der Waals surface area contributed by atoms with Crippen LogP contribution in [-0.2, 0) is 11.3 Å². The Labute approximate surface area is 121 Å². The first-order valence-corrected chi connectivity index (χ1v) is 7.39. The second-order valence-corrected chi connectivity index (χ2v) is 5.60. The first-order valence-electron chi connectivity index (χ1n) is 7.39. The molecule has 1 aromatic carbocycles. The highest BCUT2D eigenvalue weighted by Gasteiger charge is 2.11. The van der Waals surface area contributed by atoms with Gasteiger partial charge in [-0.2, -0.15) is 0 Å². The van der Waals surface area contributed by atoms with Crippen LogP contribution in [-0.4, -0.2) is 42.7 Å². The molecule has 4 nitrogen and oxygen atoms in total. The van der Waals surface area contributed by atoms with Gasteiger partial charge in [0.05, 0.1) is 6.42 Å². The fraction of sp³-hybridized carbons (Fsp3) is 0.562. The first-order chi connectivity index (χ1) is 9.65. The zero-order valence-electron chi connectivity index (χ0n) is 12.2. The summed E-state index contributed by atoms with van der Waals surface area (Å²) in [6.07, 6.45) is 4.10. The molecule has 0 aromatic heterocycles. The molecule has 4 heteroatoms. The minimum atomic E-state index is -0.737. The van der Waals surface area contributed by atoms with Crippen molar-refractivity contribution in [2.24, 2.45) is 0 Å². The third kappa shape index (κ3) is 4.53. The van der Waals surface area contributed by atoms with E-state index in [1.165, 1.54) is 30.5 Å². The average molecular weight is 276 g/mol. The van der Waals surface area contributed by atoms with Gasteiger partial charge in [0, 0.05) is 31.9 Å². The van der Waals surface area contributed by atoms with Crippen LogP contribution in [0, 0.1) is 0 Å². The fourth-order valence-electron chi connectivity index (χ4n) is 2.68. The lowest BCUT2D eigenvalue weighted by Gasteiger charge is -2.29. The van der Waals surface area contributed by atoms with Gasteiger partial charge >= 0.3 is 5.97 Å². The Morgan fingerprint density at radius 1 is 1.30 bits per heavy atom. The lowest BCUT2D eigenvalue weighted by Crippen LogP contribution is -2.29. The molecule has 1 aliphatic rings.